The molecule has 1 saturated carbocycles. The average Bonchev–Trinajstić information content (AvgIpc) is 3.41. The highest BCUT2D eigenvalue weighted by Gasteiger charge is 2.29. The molecule has 2 aliphatic carbocycles. The summed E-state index contributed by atoms with van der Waals surface area (Å²) in [5.74, 6) is -0.00617. The van der Waals surface area contributed by atoms with E-state index in [-0.39, 0.29) is 30.8 Å². The molecule has 0 saturated heterocycles. The third-order valence-corrected chi connectivity index (χ3v) is 5.38. The molecule has 1 N–H and O–H groups in total. The molecule has 2 aromatic rings. The number of esters is 1. The number of nitrogens with one attached hydrogen (secondary N) is 1. The highest BCUT2D eigenvalue weighted by Crippen LogP contribution is 2.32. The molecule has 7 nitrogen and oxygen atoms in total. The van der Waals surface area contributed by atoms with Gasteiger partial charge in [-0.2, -0.15) is 0 Å². The summed E-state index contributed by atoms with van der Waals surface area (Å²) in [5, 5.41) is 3.72. The zero-order valence-corrected chi connectivity index (χ0v) is 15.8. The van der Waals surface area contributed by atoms with Gasteiger partial charge in [0.1, 0.15) is 11.3 Å². The summed E-state index contributed by atoms with van der Waals surface area (Å²) in [7, 11) is 0. The molecule has 148 valence electrons. The van der Waals surface area contributed by atoms with Crippen molar-refractivity contribution in [1.29, 1.82) is 0 Å². The van der Waals surface area contributed by atoms with Gasteiger partial charge in [0, 0.05) is 23.1 Å². The number of hydrogen-bond donors (Lipinski definition) is 1. The van der Waals surface area contributed by atoms with Crippen LogP contribution in [0.3, 0.4) is 0 Å². The molecule has 1 heterocycles. The van der Waals surface area contributed by atoms with Gasteiger partial charge in [0.25, 0.3) is 5.91 Å². The average molecular weight is 385 g/mol. The minimum atomic E-state index is -0.635. The molecule has 1 amide bonds. The Balaban J connectivity index is 1.31. The van der Waals surface area contributed by atoms with Crippen LogP contribution in [0.2, 0.25) is 0 Å². The van der Waals surface area contributed by atoms with Crippen LogP contribution in [0.5, 0.6) is 5.75 Å². The van der Waals surface area contributed by atoms with Gasteiger partial charge in [0.05, 0.1) is 0 Å². The Bertz CT molecular complexity index is 975. The topological polar surface area (TPSA) is 94.8 Å². The first-order chi connectivity index (χ1) is 13.5. The zero-order valence-electron chi connectivity index (χ0n) is 15.8. The molecule has 1 atom stereocenters. The van der Waals surface area contributed by atoms with Crippen molar-refractivity contribution in [2.45, 2.75) is 45.1 Å². The van der Waals surface area contributed by atoms with Crippen LogP contribution in [-0.4, -0.2) is 31.1 Å². The Morgan fingerprint density at radius 3 is 2.79 bits per heavy atom. The predicted molar refractivity (Wildman–Crippen MR) is 101 cm³/mol. The summed E-state index contributed by atoms with van der Waals surface area (Å²) in [4.78, 5) is 35.6. The van der Waals surface area contributed by atoms with E-state index in [1.807, 2.05) is 13.0 Å². The van der Waals surface area contributed by atoms with Gasteiger partial charge in [-0.1, -0.05) is 0 Å². The second kappa shape index (κ2) is 7.66. The van der Waals surface area contributed by atoms with Crippen LogP contribution >= 0.6 is 0 Å². The van der Waals surface area contributed by atoms with E-state index in [9.17, 15) is 14.4 Å². The third-order valence-electron chi connectivity index (χ3n) is 5.38. The van der Waals surface area contributed by atoms with Gasteiger partial charge < -0.3 is 19.2 Å². The van der Waals surface area contributed by atoms with Crippen molar-refractivity contribution in [2.24, 2.45) is 5.92 Å². The van der Waals surface area contributed by atoms with E-state index in [1.54, 1.807) is 12.1 Å². The van der Waals surface area contributed by atoms with Crippen molar-refractivity contribution < 1.29 is 23.5 Å². The molecule has 0 bridgehead atoms. The lowest BCUT2D eigenvalue weighted by atomic mass is 10.1. The number of hydrogen-bond acceptors (Lipinski definition) is 6. The smallest absolute Gasteiger partial charge is 0.344 e. The summed E-state index contributed by atoms with van der Waals surface area (Å²) in [6, 6.07) is 5.29. The molecule has 0 unspecified atom stereocenters. The Morgan fingerprint density at radius 2 is 2.00 bits per heavy atom. The van der Waals surface area contributed by atoms with Gasteiger partial charge in [0.2, 0.25) is 0 Å². The summed E-state index contributed by atoms with van der Waals surface area (Å²) >= 11 is 0. The first-order valence-corrected chi connectivity index (χ1v) is 9.67. The standard InChI is InChI=1S/C21H23NO6/c1-12(13-5-6-13)22-19(23)10-27-20(24)11-26-14-7-8-16-15-3-2-4-17(15)21(25)28-18(16)9-14/h7-9,12-13H,2-6,10-11H2,1H3,(H,22,23)/t12-/m0/s1. The summed E-state index contributed by atoms with van der Waals surface area (Å²) in [6.45, 7) is 1.30. The van der Waals surface area contributed by atoms with Crippen molar-refractivity contribution in [2.75, 3.05) is 13.2 Å². The maximum atomic E-state index is 12.1. The van der Waals surface area contributed by atoms with Crippen LogP contribution in [0.25, 0.3) is 11.0 Å². The lowest BCUT2D eigenvalue weighted by Gasteiger charge is -2.13. The van der Waals surface area contributed by atoms with E-state index >= 15 is 0 Å². The van der Waals surface area contributed by atoms with E-state index in [0.717, 1.165) is 48.6 Å². The minimum absolute atomic E-state index is 0.108. The number of carbonyl (C=O) groups is 2. The normalized spacial score (nSPS) is 16.5. The highest BCUT2D eigenvalue weighted by atomic mass is 16.6. The van der Waals surface area contributed by atoms with Crippen LogP contribution < -0.4 is 15.7 Å². The molecular formula is C21H23NO6. The van der Waals surface area contributed by atoms with E-state index in [2.05, 4.69) is 5.32 Å². The van der Waals surface area contributed by atoms with E-state index in [4.69, 9.17) is 13.9 Å². The SMILES string of the molecule is C[C@H](NC(=O)COC(=O)COc1ccc2c3c(c(=O)oc2c1)CCC3)C1CC1. The molecular weight excluding hydrogens is 362 g/mol. The third kappa shape index (κ3) is 4.03. The van der Waals surface area contributed by atoms with Gasteiger partial charge in [-0.3, -0.25) is 4.79 Å². The summed E-state index contributed by atoms with van der Waals surface area (Å²) in [6.07, 6.45) is 4.83. The predicted octanol–water partition coefficient (Wildman–Crippen LogP) is 2.12. The Hall–Kier alpha value is -2.83. The Kier molecular flexibility index (Phi) is 5.07. The molecule has 0 spiro atoms. The van der Waals surface area contributed by atoms with Gasteiger partial charge >= 0.3 is 11.6 Å². The summed E-state index contributed by atoms with van der Waals surface area (Å²) < 4.78 is 15.8. The number of aryl methyl sites for hydroxylation is 1. The fourth-order valence-electron chi connectivity index (χ4n) is 3.69. The number of rotatable bonds is 7. The van der Waals surface area contributed by atoms with Crippen molar-refractivity contribution in [3.05, 3.63) is 39.7 Å². The second-order valence-corrected chi connectivity index (χ2v) is 7.50. The van der Waals surface area contributed by atoms with E-state index in [0.29, 0.717) is 17.3 Å². The molecule has 1 fully saturated rings. The Morgan fingerprint density at radius 1 is 1.21 bits per heavy atom. The van der Waals surface area contributed by atoms with Crippen molar-refractivity contribution in [1.82, 2.24) is 5.32 Å². The van der Waals surface area contributed by atoms with Crippen molar-refractivity contribution in [3.8, 4) is 5.75 Å². The van der Waals surface area contributed by atoms with Crippen LogP contribution in [0.15, 0.2) is 27.4 Å². The molecule has 0 aliphatic heterocycles. The molecule has 4 rings (SSSR count). The molecule has 2 aliphatic rings. The second-order valence-electron chi connectivity index (χ2n) is 7.50. The van der Waals surface area contributed by atoms with Crippen LogP contribution in [-0.2, 0) is 27.2 Å². The molecule has 28 heavy (non-hydrogen) atoms. The van der Waals surface area contributed by atoms with Gasteiger partial charge in [-0.25, -0.2) is 9.59 Å². The lowest BCUT2D eigenvalue weighted by molar-refractivity contribution is -0.150. The van der Waals surface area contributed by atoms with Crippen LogP contribution in [0.4, 0.5) is 0 Å². The highest BCUT2D eigenvalue weighted by molar-refractivity contribution is 5.83. The summed E-state index contributed by atoms with van der Waals surface area (Å²) in [5.41, 5.74) is 1.95. The largest absolute Gasteiger partial charge is 0.482 e. The number of carbonyl (C=O) groups excluding carboxylic acids is 2. The fraction of sp³-hybridized carbons (Fsp3) is 0.476. The van der Waals surface area contributed by atoms with Crippen LogP contribution in [0.1, 0.15) is 37.3 Å². The van der Waals surface area contributed by atoms with Gasteiger partial charge in [-0.05, 0) is 62.6 Å². The molecule has 0 radical (unpaired) electrons. The van der Waals surface area contributed by atoms with Crippen molar-refractivity contribution in [3.63, 3.8) is 0 Å². The van der Waals surface area contributed by atoms with Crippen molar-refractivity contribution >= 4 is 22.8 Å². The maximum Gasteiger partial charge on any atom is 0.344 e. The fourth-order valence-corrected chi connectivity index (χ4v) is 3.69. The minimum Gasteiger partial charge on any atom is -0.482 e. The quantitative estimate of drug-likeness (QED) is 0.579. The molecule has 7 heteroatoms. The van der Waals surface area contributed by atoms with Gasteiger partial charge in [-0.15, -0.1) is 0 Å². The molecule has 1 aromatic heterocycles. The first-order valence-electron chi connectivity index (χ1n) is 9.67. The molecule has 1 aromatic carbocycles. The number of benzene rings is 1. The van der Waals surface area contributed by atoms with Crippen LogP contribution in [0, 0.1) is 5.92 Å². The Labute approximate surface area is 162 Å². The number of fused-ring (bicyclic) bond motifs is 3. The monoisotopic (exact) mass is 385 g/mol. The first kappa shape index (κ1) is 18.5. The van der Waals surface area contributed by atoms with E-state index in [1.165, 1.54) is 0 Å². The van der Waals surface area contributed by atoms with Gasteiger partial charge in [0.15, 0.2) is 13.2 Å². The maximum absolute atomic E-state index is 12.1. The van der Waals surface area contributed by atoms with E-state index < -0.39 is 5.97 Å². The zero-order chi connectivity index (χ0) is 19.7. The number of ether oxygens (including phenoxy) is 2. The lowest BCUT2D eigenvalue weighted by Crippen LogP contribution is -2.37. The number of amides is 1.